The molecule has 1 unspecified atom stereocenters. The summed E-state index contributed by atoms with van der Waals surface area (Å²) in [5.74, 6) is -0.393. The Bertz CT molecular complexity index is 319. The van der Waals surface area contributed by atoms with Crippen LogP contribution in [0.4, 0.5) is 4.79 Å². The second-order valence-electron chi connectivity index (χ2n) is 5.06. The summed E-state index contributed by atoms with van der Waals surface area (Å²) in [5.41, 5.74) is -1.25. The largest absolute Gasteiger partial charge is 0.479 e. The summed E-state index contributed by atoms with van der Waals surface area (Å²) >= 11 is 0. The highest BCUT2D eigenvalue weighted by molar-refractivity contribution is 5.86. The molecule has 2 rings (SSSR count). The second kappa shape index (κ2) is 4.52. The maximum absolute atomic E-state index is 11.7. The van der Waals surface area contributed by atoms with Gasteiger partial charge in [0.05, 0.1) is 6.61 Å². The Morgan fingerprint density at radius 2 is 2.12 bits per heavy atom. The van der Waals surface area contributed by atoms with Crippen molar-refractivity contribution in [1.82, 2.24) is 10.6 Å². The van der Waals surface area contributed by atoms with Gasteiger partial charge in [0.25, 0.3) is 0 Å². The highest BCUT2D eigenvalue weighted by Crippen LogP contribution is 2.26. The molecular formula is C11H18N2O4. The number of rotatable bonds is 3. The summed E-state index contributed by atoms with van der Waals surface area (Å²) in [6.45, 7) is 2.53. The van der Waals surface area contributed by atoms with E-state index in [1.165, 1.54) is 0 Å². The topological polar surface area (TPSA) is 87.7 Å². The Morgan fingerprint density at radius 3 is 2.59 bits per heavy atom. The van der Waals surface area contributed by atoms with E-state index in [1.54, 1.807) is 0 Å². The van der Waals surface area contributed by atoms with E-state index in [-0.39, 0.29) is 12.6 Å². The van der Waals surface area contributed by atoms with Gasteiger partial charge in [0.15, 0.2) is 5.54 Å². The first kappa shape index (κ1) is 12.2. The van der Waals surface area contributed by atoms with Crippen LogP contribution in [-0.2, 0) is 9.53 Å². The van der Waals surface area contributed by atoms with Crippen LogP contribution in [-0.4, -0.2) is 41.9 Å². The molecule has 0 spiro atoms. The van der Waals surface area contributed by atoms with Gasteiger partial charge in [-0.15, -0.1) is 0 Å². The Hall–Kier alpha value is -1.30. The summed E-state index contributed by atoms with van der Waals surface area (Å²) in [6.07, 6.45) is 2.24. The number of hydrogen-bond donors (Lipinski definition) is 3. The van der Waals surface area contributed by atoms with E-state index in [2.05, 4.69) is 17.6 Å². The molecule has 2 fully saturated rings. The summed E-state index contributed by atoms with van der Waals surface area (Å²) in [4.78, 5) is 22.8. The number of urea groups is 1. The van der Waals surface area contributed by atoms with E-state index >= 15 is 0 Å². The number of carbonyl (C=O) groups is 2. The van der Waals surface area contributed by atoms with Crippen LogP contribution in [0.1, 0.15) is 26.2 Å². The van der Waals surface area contributed by atoms with Crippen molar-refractivity contribution >= 4 is 12.0 Å². The molecule has 6 heteroatoms. The highest BCUT2D eigenvalue weighted by Gasteiger charge is 2.44. The van der Waals surface area contributed by atoms with Crippen LogP contribution in [0, 0.1) is 5.92 Å². The van der Waals surface area contributed by atoms with Gasteiger partial charge < -0.3 is 20.5 Å². The molecule has 96 valence electrons. The fourth-order valence-corrected chi connectivity index (χ4v) is 2.34. The lowest BCUT2D eigenvalue weighted by atomic mass is 9.82. The normalized spacial score (nSPS) is 36.1. The minimum absolute atomic E-state index is 0.0385. The lowest BCUT2D eigenvalue weighted by Gasteiger charge is -2.34. The van der Waals surface area contributed by atoms with Crippen LogP contribution in [0.25, 0.3) is 0 Å². The predicted molar refractivity (Wildman–Crippen MR) is 59.7 cm³/mol. The monoisotopic (exact) mass is 242 g/mol. The molecule has 2 aliphatic rings. The maximum Gasteiger partial charge on any atom is 0.332 e. The fourth-order valence-electron chi connectivity index (χ4n) is 2.34. The quantitative estimate of drug-likeness (QED) is 0.665. The molecule has 1 aliphatic heterocycles. The molecule has 0 aromatic heterocycles. The minimum Gasteiger partial charge on any atom is -0.479 e. The molecule has 1 aliphatic carbocycles. The molecule has 0 aromatic rings. The lowest BCUT2D eigenvalue weighted by molar-refractivity contribution is -0.144. The minimum atomic E-state index is -1.25. The molecule has 1 saturated carbocycles. The van der Waals surface area contributed by atoms with Gasteiger partial charge in [-0.2, -0.15) is 0 Å². The van der Waals surface area contributed by atoms with E-state index in [9.17, 15) is 9.59 Å². The Kier molecular flexibility index (Phi) is 3.24. The first-order valence-electron chi connectivity index (χ1n) is 5.92. The van der Waals surface area contributed by atoms with Crippen LogP contribution >= 0.6 is 0 Å². The molecule has 1 atom stereocenters. The van der Waals surface area contributed by atoms with Gasteiger partial charge in [-0.25, -0.2) is 9.59 Å². The first-order valence-corrected chi connectivity index (χ1v) is 5.92. The molecule has 0 aromatic carbocycles. The van der Waals surface area contributed by atoms with E-state index in [0.29, 0.717) is 18.9 Å². The van der Waals surface area contributed by atoms with Crippen molar-refractivity contribution in [3.8, 4) is 0 Å². The first-order chi connectivity index (χ1) is 8.02. The zero-order chi connectivity index (χ0) is 12.5. The predicted octanol–water partition coefficient (Wildman–Crippen LogP) is 0.328. The number of ether oxygens (including phenoxy) is 1. The zero-order valence-electron chi connectivity index (χ0n) is 9.86. The second-order valence-corrected chi connectivity index (χ2v) is 5.06. The third-order valence-electron chi connectivity index (χ3n) is 3.49. The van der Waals surface area contributed by atoms with Crippen molar-refractivity contribution in [3.63, 3.8) is 0 Å². The lowest BCUT2D eigenvalue weighted by Crippen LogP contribution is -2.59. The number of aliphatic carboxylic acids is 1. The van der Waals surface area contributed by atoms with Crippen LogP contribution in [0.3, 0.4) is 0 Å². The SMILES string of the molecule is CC1CC(NC(=O)NC2(C(=O)O)CCOC2)C1. The summed E-state index contributed by atoms with van der Waals surface area (Å²) < 4.78 is 5.06. The molecule has 2 amide bonds. The molecule has 1 saturated heterocycles. The summed E-state index contributed by atoms with van der Waals surface area (Å²) in [7, 11) is 0. The molecule has 1 heterocycles. The number of nitrogens with one attached hydrogen (secondary N) is 2. The Morgan fingerprint density at radius 1 is 1.41 bits per heavy atom. The molecule has 3 N–H and O–H groups in total. The van der Waals surface area contributed by atoms with Crippen molar-refractivity contribution in [2.75, 3.05) is 13.2 Å². The van der Waals surface area contributed by atoms with Gasteiger partial charge in [-0.1, -0.05) is 6.92 Å². The summed E-state index contributed by atoms with van der Waals surface area (Å²) in [5, 5.41) is 14.5. The van der Waals surface area contributed by atoms with Crippen LogP contribution in [0.15, 0.2) is 0 Å². The molecular weight excluding hydrogens is 224 g/mol. The number of hydrogen-bond acceptors (Lipinski definition) is 3. The summed E-state index contributed by atoms with van der Waals surface area (Å²) in [6, 6.07) is -0.229. The van der Waals surface area contributed by atoms with Crippen molar-refractivity contribution in [2.45, 2.75) is 37.8 Å². The van der Waals surface area contributed by atoms with Gasteiger partial charge in [0.1, 0.15) is 0 Å². The highest BCUT2D eigenvalue weighted by atomic mass is 16.5. The van der Waals surface area contributed by atoms with Gasteiger partial charge >= 0.3 is 12.0 Å². The van der Waals surface area contributed by atoms with Gasteiger partial charge in [-0.3, -0.25) is 0 Å². The molecule has 6 nitrogen and oxygen atoms in total. The average Bonchev–Trinajstić information content (AvgIpc) is 2.65. The molecule has 17 heavy (non-hydrogen) atoms. The molecule has 0 radical (unpaired) electrons. The smallest absolute Gasteiger partial charge is 0.332 e. The van der Waals surface area contributed by atoms with Crippen molar-refractivity contribution in [2.24, 2.45) is 5.92 Å². The van der Waals surface area contributed by atoms with E-state index in [1.807, 2.05) is 0 Å². The Labute approximate surface area is 99.7 Å². The number of carboxylic acids is 1. The number of amides is 2. The van der Waals surface area contributed by atoms with Crippen LogP contribution in [0.5, 0.6) is 0 Å². The standard InChI is InChI=1S/C11H18N2O4/c1-7-4-8(5-7)12-10(16)13-11(9(14)15)2-3-17-6-11/h7-8H,2-6H2,1H3,(H,14,15)(H2,12,13,16). The van der Waals surface area contributed by atoms with E-state index in [0.717, 1.165) is 12.8 Å². The third kappa shape index (κ3) is 2.52. The van der Waals surface area contributed by atoms with Gasteiger partial charge in [0, 0.05) is 19.1 Å². The van der Waals surface area contributed by atoms with Gasteiger partial charge in [-0.05, 0) is 18.8 Å². The fraction of sp³-hybridized carbons (Fsp3) is 0.818. The average molecular weight is 242 g/mol. The van der Waals surface area contributed by atoms with E-state index in [4.69, 9.17) is 9.84 Å². The van der Waals surface area contributed by atoms with E-state index < -0.39 is 17.5 Å². The Balaban J connectivity index is 1.86. The number of carboxylic acid groups (broad SMARTS) is 1. The third-order valence-corrected chi connectivity index (χ3v) is 3.49. The number of carbonyl (C=O) groups excluding carboxylic acids is 1. The zero-order valence-corrected chi connectivity index (χ0v) is 9.86. The van der Waals surface area contributed by atoms with Crippen molar-refractivity contribution in [3.05, 3.63) is 0 Å². The van der Waals surface area contributed by atoms with Crippen molar-refractivity contribution < 1.29 is 19.4 Å². The maximum atomic E-state index is 11.7. The van der Waals surface area contributed by atoms with Crippen LogP contribution < -0.4 is 10.6 Å². The van der Waals surface area contributed by atoms with Crippen molar-refractivity contribution in [1.29, 1.82) is 0 Å². The van der Waals surface area contributed by atoms with Gasteiger partial charge in [0.2, 0.25) is 0 Å². The molecule has 0 bridgehead atoms. The van der Waals surface area contributed by atoms with Crippen LogP contribution in [0.2, 0.25) is 0 Å².